The van der Waals surface area contributed by atoms with Gasteiger partial charge < -0.3 is 10.1 Å². The Hall–Kier alpha value is -2.43. The van der Waals surface area contributed by atoms with Gasteiger partial charge in [0.25, 0.3) is 5.56 Å². The van der Waals surface area contributed by atoms with Crippen LogP contribution in [0.2, 0.25) is 0 Å². The fraction of sp³-hybridized carbons (Fsp3) is 0.214. The lowest BCUT2D eigenvalue weighted by Crippen LogP contribution is -2.17. The van der Waals surface area contributed by atoms with Gasteiger partial charge in [-0.3, -0.25) is 9.59 Å². The Morgan fingerprint density at radius 3 is 2.63 bits per heavy atom. The van der Waals surface area contributed by atoms with Crippen molar-refractivity contribution < 1.29 is 9.90 Å². The first-order chi connectivity index (χ1) is 9.15. The van der Waals surface area contributed by atoms with E-state index in [1.807, 2.05) is 30.3 Å². The van der Waals surface area contributed by atoms with Crippen molar-refractivity contribution in [2.75, 3.05) is 0 Å². The number of carbonyl (C=O) groups is 1. The predicted molar refractivity (Wildman–Crippen MR) is 70.1 cm³/mol. The summed E-state index contributed by atoms with van der Waals surface area (Å²) in [5, 5.41) is 8.58. The van der Waals surface area contributed by atoms with Gasteiger partial charge in [0.2, 0.25) is 0 Å². The van der Waals surface area contributed by atoms with E-state index >= 15 is 0 Å². The van der Waals surface area contributed by atoms with Crippen LogP contribution < -0.4 is 5.56 Å². The molecule has 0 aliphatic carbocycles. The minimum Gasteiger partial charge on any atom is -0.481 e. The number of aliphatic carboxylic acids is 1. The third-order valence-electron chi connectivity index (χ3n) is 2.75. The summed E-state index contributed by atoms with van der Waals surface area (Å²) in [7, 11) is 0. The minimum atomic E-state index is -0.923. The van der Waals surface area contributed by atoms with E-state index < -0.39 is 5.97 Å². The second kappa shape index (κ2) is 5.95. The molecule has 2 rings (SSSR count). The molecule has 0 aliphatic heterocycles. The molecular weight excluding hydrogens is 244 g/mol. The van der Waals surface area contributed by atoms with Crippen molar-refractivity contribution in [1.29, 1.82) is 0 Å². The molecule has 2 aromatic rings. The third-order valence-corrected chi connectivity index (χ3v) is 2.75. The number of aryl methyl sites for hydroxylation is 1. The Kier molecular flexibility index (Phi) is 4.07. The molecule has 0 saturated carbocycles. The van der Waals surface area contributed by atoms with E-state index in [4.69, 9.17) is 5.11 Å². The fourth-order valence-corrected chi connectivity index (χ4v) is 1.76. The summed E-state index contributed by atoms with van der Waals surface area (Å²) in [6.07, 6.45) is 2.14. The van der Waals surface area contributed by atoms with Crippen LogP contribution in [-0.2, 0) is 17.6 Å². The first-order valence-electron chi connectivity index (χ1n) is 5.98. The standard InChI is InChI=1S/C14H14N2O3/c17-13(18)7-6-11-9-15-12(16-14(11)19)8-10-4-2-1-3-5-10/h1-5,9H,6-8H2,(H,17,18)(H,15,16,19). The van der Waals surface area contributed by atoms with Crippen LogP contribution in [0.3, 0.4) is 0 Å². The van der Waals surface area contributed by atoms with Gasteiger partial charge in [-0.05, 0) is 12.0 Å². The average molecular weight is 258 g/mol. The van der Waals surface area contributed by atoms with Gasteiger partial charge in [-0.25, -0.2) is 4.98 Å². The topological polar surface area (TPSA) is 83.0 Å². The van der Waals surface area contributed by atoms with Crippen LogP contribution in [0.5, 0.6) is 0 Å². The van der Waals surface area contributed by atoms with Crippen LogP contribution in [-0.4, -0.2) is 21.0 Å². The van der Waals surface area contributed by atoms with Crippen LogP contribution in [0, 0.1) is 0 Å². The van der Waals surface area contributed by atoms with E-state index in [9.17, 15) is 9.59 Å². The lowest BCUT2D eigenvalue weighted by Gasteiger charge is -2.02. The van der Waals surface area contributed by atoms with E-state index in [0.29, 0.717) is 17.8 Å². The van der Waals surface area contributed by atoms with Crippen molar-refractivity contribution in [2.45, 2.75) is 19.3 Å². The van der Waals surface area contributed by atoms with Crippen molar-refractivity contribution in [3.63, 3.8) is 0 Å². The van der Waals surface area contributed by atoms with E-state index in [1.165, 1.54) is 6.20 Å². The smallest absolute Gasteiger partial charge is 0.303 e. The average Bonchev–Trinajstić information content (AvgIpc) is 2.39. The van der Waals surface area contributed by atoms with Crippen molar-refractivity contribution in [3.05, 3.63) is 63.8 Å². The number of benzene rings is 1. The molecule has 5 nitrogen and oxygen atoms in total. The van der Waals surface area contributed by atoms with Crippen molar-refractivity contribution in [1.82, 2.24) is 9.97 Å². The quantitative estimate of drug-likeness (QED) is 0.848. The molecule has 0 saturated heterocycles. The number of nitrogens with one attached hydrogen (secondary N) is 1. The maximum absolute atomic E-state index is 11.8. The summed E-state index contributed by atoms with van der Waals surface area (Å²) >= 11 is 0. The Morgan fingerprint density at radius 2 is 2.00 bits per heavy atom. The number of carboxylic acids is 1. The van der Waals surface area contributed by atoms with Gasteiger partial charge in [0.05, 0.1) is 0 Å². The number of hydrogen-bond acceptors (Lipinski definition) is 3. The molecular formula is C14H14N2O3. The number of hydrogen-bond donors (Lipinski definition) is 2. The first kappa shape index (κ1) is 13.0. The highest BCUT2D eigenvalue weighted by Gasteiger charge is 2.06. The summed E-state index contributed by atoms with van der Waals surface area (Å²) in [6, 6.07) is 9.69. The number of H-pyrrole nitrogens is 1. The van der Waals surface area contributed by atoms with Gasteiger partial charge in [0.1, 0.15) is 5.82 Å². The number of aromatic nitrogens is 2. The Balaban J connectivity index is 2.11. The van der Waals surface area contributed by atoms with Crippen LogP contribution in [0.25, 0.3) is 0 Å². The lowest BCUT2D eigenvalue weighted by molar-refractivity contribution is -0.136. The summed E-state index contributed by atoms with van der Waals surface area (Å²) in [6.45, 7) is 0. The predicted octanol–water partition coefficient (Wildman–Crippen LogP) is 1.38. The third kappa shape index (κ3) is 3.77. The second-order valence-corrected chi connectivity index (χ2v) is 4.24. The first-order valence-corrected chi connectivity index (χ1v) is 5.98. The molecule has 0 unspecified atom stereocenters. The number of aromatic amines is 1. The monoisotopic (exact) mass is 258 g/mol. The van der Waals surface area contributed by atoms with Crippen LogP contribution >= 0.6 is 0 Å². The highest BCUT2D eigenvalue weighted by molar-refractivity contribution is 5.67. The zero-order valence-corrected chi connectivity index (χ0v) is 10.3. The molecule has 19 heavy (non-hydrogen) atoms. The molecule has 2 N–H and O–H groups in total. The van der Waals surface area contributed by atoms with E-state index in [-0.39, 0.29) is 18.4 Å². The van der Waals surface area contributed by atoms with Gasteiger partial charge in [-0.15, -0.1) is 0 Å². The van der Waals surface area contributed by atoms with Gasteiger partial charge >= 0.3 is 5.97 Å². The van der Waals surface area contributed by atoms with Crippen LogP contribution in [0.4, 0.5) is 0 Å². The number of nitrogens with zero attached hydrogens (tertiary/aromatic N) is 1. The number of rotatable bonds is 5. The molecule has 1 heterocycles. The highest BCUT2D eigenvalue weighted by Crippen LogP contribution is 2.04. The zero-order valence-electron chi connectivity index (χ0n) is 10.3. The maximum Gasteiger partial charge on any atom is 0.303 e. The SMILES string of the molecule is O=C(O)CCc1cnc(Cc2ccccc2)[nH]c1=O. The molecule has 98 valence electrons. The molecule has 0 bridgehead atoms. The van der Waals surface area contributed by atoms with Crippen molar-refractivity contribution >= 4 is 5.97 Å². The Labute approximate surface area is 110 Å². The molecule has 0 amide bonds. The Morgan fingerprint density at radius 1 is 1.26 bits per heavy atom. The van der Waals surface area contributed by atoms with Gasteiger partial charge in [-0.1, -0.05) is 30.3 Å². The highest BCUT2D eigenvalue weighted by atomic mass is 16.4. The van der Waals surface area contributed by atoms with Crippen LogP contribution in [0.1, 0.15) is 23.4 Å². The van der Waals surface area contributed by atoms with E-state index in [2.05, 4.69) is 9.97 Å². The minimum absolute atomic E-state index is 0.0667. The maximum atomic E-state index is 11.8. The fourth-order valence-electron chi connectivity index (χ4n) is 1.76. The van der Waals surface area contributed by atoms with Gasteiger partial charge in [0, 0.05) is 24.6 Å². The number of carboxylic acid groups (broad SMARTS) is 1. The van der Waals surface area contributed by atoms with Crippen molar-refractivity contribution in [3.8, 4) is 0 Å². The molecule has 1 aromatic carbocycles. The molecule has 0 spiro atoms. The van der Waals surface area contributed by atoms with Gasteiger partial charge in [0.15, 0.2) is 0 Å². The molecule has 0 fully saturated rings. The lowest BCUT2D eigenvalue weighted by atomic mass is 10.1. The molecule has 1 aromatic heterocycles. The molecule has 0 aliphatic rings. The summed E-state index contributed by atoms with van der Waals surface area (Å²) in [5.74, 6) is -0.344. The van der Waals surface area contributed by atoms with E-state index in [0.717, 1.165) is 5.56 Å². The second-order valence-electron chi connectivity index (χ2n) is 4.24. The van der Waals surface area contributed by atoms with Crippen LogP contribution in [0.15, 0.2) is 41.3 Å². The summed E-state index contributed by atoms with van der Waals surface area (Å²) < 4.78 is 0. The van der Waals surface area contributed by atoms with Gasteiger partial charge in [-0.2, -0.15) is 0 Å². The Bertz CT molecular complexity index is 620. The molecule has 5 heteroatoms. The largest absolute Gasteiger partial charge is 0.481 e. The van der Waals surface area contributed by atoms with E-state index in [1.54, 1.807) is 0 Å². The normalized spacial score (nSPS) is 10.3. The summed E-state index contributed by atoms with van der Waals surface area (Å²) in [4.78, 5) is 29.1. The molecule has 0 atom stereocenters. The van der Waals surface area contributed by atoms with Crippen molar-refractivity contribution in [2.24, 2.45) is 0 Å². The zero-order chi connectivity index (χ0) is 13.7. The molecule has 0 radical (unpaired) electrons. The summed E-state index contributed by atoms with van der Waals surface area (Å²) in [5.41, 5.74) is 1.20.